The normalized spacial score (nSPS) is 11.5. The van der Waals surface area contributed by atoms with Crippen molar-refractivity contribution in [1.29, 1.82) is 0 Å². The predicted octanol–water partition coefficient (Wildman–Crippen LogP) is 3.44. The number of hydrogen-bond acceptors (Lipinski definition) is 5. The van der Waals surface area contributed by atoms with Crippen LogP contribution in [0.1, 0.15) is 74.1 Å². The molecule has 0 aliphatic heterocycles. The van der Waals surface area contributed by atoms with Crippen molar-refractivity contribution in [2.45, 2.75) is 85.4 Å². The summed E-state index contributed by atoms with van der Waals surface area (Å²) in [7, 11) is 0. The van der Waals surface area contributed by atoms with Crippen LogP contribution < -0.4 is 10.6 Å². The van der Waals surface area contributed by atoms with E-state index in [1.807, 2.05) is 0 Å². The SMILES string of the molecule is CCCCCC(=O)N(CCNC(=O)OC(C)(C)C)CCNC(=O)OC(C)(C)C. The van der Waals surface area contributed by atoms with Gasteiger partial charge in [0, 0.05) is 32.6 Å². The molecule has 0 radical (unpaired) electrons. The van der Waals surface area contributed by atoms with Crippen molar-refractivity contribution in [3.05, 3.63) is 0 Å². The quantitative estimate of drug-likeness (QED) is 0.547. The molecular weight excluding hydrogens is 362 g/mol. The Hall–Kier alpha value is -1.99. The molecule has 28 heavy (non-hydrogen) atoms. The number of amides is 3. The summed E-state index contributed by atoms with van der Waals surface area (Å²) in [6, 6.07) is 0. The molecule has 164 valence electrons. The molecule has 8 nitrogen and oxygen atoms in total. The number of alkyl carbamates (subject to hydrolysis) is 2. The number of ether oxygens (including phenoxy) is 2. The minimum Gasteiger partial charge on any atom is -0.444 e. The molecule has 0 saturated carbocycles. The van der Waals surface area contributed by atoms with Crippen molar-refractivity contribution >= 4 is 18.1 Å². The van der Waals surface area contributed by atoms with E-state index >= 15 is 0 Å². The summed E-state index contributed by atoms with van der Waals surface area (Å²) in [6.07, 6.45) is 2.27. The molecule has 0 spiro atoms. The zero-order chi connectivity index (χ0) is 21.8. The monoisotopic (exact) mass is 401 g/mol. The van der Waals surface area contributed by atoms with Crippen molar-refractivity contribution in [3.8, 4) is 0 Å². The van der Waals surface area contributed by atoms with Crippen LogP contribution in [0.2, 0.25) is 0 Å². The van der Waals surface area contributed by atoms with Crippen LogP contribution in [0.4, 0.5) is 9.59 Å². The Balaban J connectivity index is 4.51. The van der Waals surface area contributed by atoms with Crippen LogP contribution in [0.15, 0.2) is 0 Å². The minimum absolute atomic E-state index is 0.00503. The van der Waals surface area contributed by atoms with Crippen LogP contribution in [0.3, 0.4) is 0 Å². The molecule has 0 heterocycles. The molecule has 0 rings (SSSR count). The van der Waals surface area contributed by atoms with Crippen LogP contribution >= 0.6 is 0 Å². The number of carbonyl (C=O) groups is 3. The van der Waals surface area contributed by atoms with E-state index in [0.29, 0.717) is 19.5 Å². The van der Waals surface area contributed by atoms with E-state index < -0.39 is 23.4 Å². The van der Waals surface area contributed by atoms with E-state index in [1.54, 1.807) is 46.4 Å². The van der Waals surface area contributed by atoms with Gasteiger partial charge in [0.1, 0.15) is 11.2 Å². The zero-order valence-electron chi connectivity index (χ0n) is 18.6. The van der Waals surface area contributed by atoms with Gasteiger partial charge in [-0.1, -0.05) is 19.8 Å². The van der Waals surface area contributed by atoms with Crippen LogP contribution in [-0.4, -0.2) is 60.4 Å². The maximum absolute atomic E-state index is 12.5. The average molecular weight is 402 g/mol. The fraction of sp³-hybridized carbons (Fsp3) is 0.850. The van der Waals surface area contributed by atoms with Gasteiger partial charge in [-0.05, 0) is 48.0 Å². The molecular formula is C20H39N3O5. The first kappa shape index (κ1) is 26.0. The van der Waals surface area contributed by atoms with Crippen LogP contribution in [0, 0.1) is 0 Å². The lowest BCUT2D eigenvalue weighted by atomic mass is 10.2. The summed E-state index contributed by atoms with van der Waals surface area (Å²) in [4.78, 5) is 37.6. The van der Waals surface area contributed by atoms with Crippen molar-refractivity contribution in [2.24, 2.45) is 0 Å². The first-order valence-corrected chi connectivity index (χ1v) is 10.1. The molecule has 0 aliphatic carbocycles. The highest BCUT2D eigenvalue weighted by Gasteiger charge is 2.19. The summed E-state index contributed by atoms with van der Waals surface area (Å²) in [6.45, 7) is 14.1. The molecule has 0 unspecified atom stereocenters. The third kappa shape index (κ3) is 15.1. The molecule has 0 aromatic carbocycles. The van der Waals surface area contributed by atoms with Gasteiger partial charge >= 0.3 is 12.2 Å². The fourth-order valence-electron chi connectivity index (χ4n) is 2.26. The topological polar surface area (TPSA) is 97.0 Å². The Labute approximate surface area is 169 Å². The largest absolute Gasteiger partial charge is 0.444 e. The van der Waals surface area contributed by atoms with Gasteiger partial charge < -0.3 is 25.0 Å². The van der Waals surface area contributed by atoms with Gasteiger partial charge in [-0.15, -0.1) is 0 Å². The van der Waals surface area contributed by atoms with E-state index in [2.05, 4.69) is 17.6 Å². The Kier molecular flexibility index (Phi) is 11.6. The maximum atomic E-state index is 12.5. The van der Waals surface area contributed by atoms with Crippen molar-refractivity contribution in [3.63, 3.8) is 0 Å². The summed E-state index contributed by atoms with van der Waals surface area (Å²) < 4.78 is 10.4. The van der Waals surface area contributed by atoms with Gasteiger partial charge in [0.15, 0.2) is 0 Å². The van der Waals surface area contributed by atoms with Gasteiger partial charge in [0.05, 0.1) is 0 Å². The average Bonchev–Trinajstić information content (AvgIpc) is 2.50. The van der Waals surface area contributed by atoms with E-state index in [4.69, 9.17) is 9.47 Å². The molecule has 0 aromatic heterocycles. The Bertz CT molecular complexity index is 461. The summed E-state index contributed by atoms with van der Waals surface area (Å²) >= 11 is 0. The first-order valence-electron chi connectivity index (χ1n) is 10.1. The van der Waals surface area contributed by atoms with E-state index in [1.165, 1.54) is 0 Å². The summed E-state index contributed by atoms with van der Waals surface area (Å²) in [5.74, 6) is 0.00503. The highest BCUT2D eigenvalue weighted by atomic mass is 16.6. The number of hydrogen-bond donors (Lipinski definition) is 2. The molecule has 0 bridgehead atoms. The maximum Gasteiger partial charge on any atom is 0.407 e. The molecule has 0 aliphatic rings. The van der Waals surface area contributed by atoms with Crippen molar-refractivity contribution < 1.29 is 23.9 Å². The van der Waals surface area contributed by atoms with Gasteiger partial charge in [0.25, 0.3) is 0 Å². The first-order chi connectivity index (χ1) is 12.8. The standard InChI is InChI=1S/C20H39N3O5/c1-8-9-10-11-16(24)23(14-12-21-17(25)27-19(2,3)4)15-13-22-18(26)28-20(5,6)7/h8-15H2,1-7H3,(H,21,25)(H,22,26). The molecule has 0 fully saturated rings. The van der Waals surface area contributed by atoms with E-state index in [0.717, 1.165) is 19.3 Å². The second kappa shape index (κ2) is 12.5. The third-order valence-electron chi connectivity index (χ3n) is 3.45. The van der Waals surface area contributed by atoms with Crippen LogP contribution in [-0.2, 0) is 14.3 Å². The van der Waals surface area contributed by atoms with Gasteiger partial charge in [-0.3, -0.25) is 4.79 Å². The number of rotatable bonds is 10. The predicted molar refractivity (Wildman–Crippen MR) is 109 cm³/mol. The third-order valence-corrected chi connectivity index (χ3v) is 3.45. The van der Waals surface area contributed by atoms with Crippen LogP contribution in [0.5, 0.6) is 0 Å². The lowest BCUT2D eigenvalue weighted by Gasteiger charge is -2.25. The fourth-order valence-corrected chi connectivity index (χ4v) is 2.26. The van der Waals surface area contributed by atoms with Gasteiger partial charge in [0.2, 0.25) is 5.91 Å². The zero-order valence-corrected chi connectivity index (χ0v) is 18.6. The number of nitrogens with one attached hydrogen (secondary N) is 2. The van der Waals surface area contributed by atoms with Gasteiger partial charge in [-0.25, -0.2) is 9.59 Å². The molecule has 0 saturated heterocycles. The van der Waals surface area contributed by atoms with Crippen LogP contribution in [0.25, 0.3) is 0 Å². The smallest absolute Gasteiger partial charge is 0.407 e. The Morgan fingerprint density at radius 3 is 1.57 bits per heavy atom. The Morgan fingerprint density at radius 1 is 0.786 bits per heavy atom. The van der Waals surface area contributed by atoms with E-state index in [-0.39, 0.29) is 19.0 Å². The second-order valence-corrected chi connectivity index (χ2v) is 8.70. The number of carbonyl (C=O) groups excluding carboxylic acids is 3. The molecule has 3 amide bonds. The molecule has 0 atom stereocenters. The second-order valence-electron chi connectivity index (χ2n) is 8.70. The molecule has 0 aromatic rings. The summed E-state index contributed by atoms with van der Waals surface area (Å²) in [5, 5.41) is 5.31. The van der Waals surface area contributed by atoms with Crippen molar-refractivity contribution in [2.75, 3.05) is 26.2 Å². The highest BCUT2D eigenvalue weighted by Crippen LogP contribution is 2.07. The molecule has 8 heteroatoms. The van der Waals surface area contributed by atoms with E-state index in [9.17, 15) is 14.4 Å². The molecule has 2 N–H and O–H groups in total. The highest BCUT2D eigenvalue weighted by molar-refractivity contribution is 5.76. The van der Waals surface area contributed by atoms with Gasteiger partial charge in [-0.2, -0.15) is 0 Å². The Morgan fingerprint density at radius 2 is 1.21 bits per heavy atom. The van der Waals surface area contributed by atoms with Crippen molar-refractivity contribution in [1.82, 2.24) is 15.5 Å². The summed E-state index contributed by atoms with van der Waals surface area (Å²) in [5.41, 5.74) is -1.14. The lowest BCUT2D eigenvalue weighted by molar-refractivity contribution is -0.131. The number of nitrogens with zero attached hydrogens (tertiary/aromatic N) is 1. The number of unbranched alkanes of at least 4 members (excludes halogenated alkanes) is 2. The minimum atomic E-state index is -0.572. The lowest BCUT2D eigenvalue weighted by Crippen LogP contribution is -2.44.